The van der Waals surface area contributed by atoms with Crippen molar-refractivity contribution in [1.82, 2.24) is 0 Å². The molecule has 0 spiro atoms. The number of hydrogen-bond acceptors (Lipinski definition) is 7. The first-order chi connectivity index (χ1) is 22.1. The Labute approximate surface area is 274 Å². The highest BCUT2D eigenvalue weighted by Gasteiger charge is 2.39. The summed E-state index contributed by atoms with van der Waals surface area (Å²) in [6.07, 6.45) is 12.0. The van der Waals surface area contributed by atoms with Gasteiger partial charge in [0, 0.05) is 37.9 Å². The maximum atomic E-state index is 6.00. The second kappa shape index (κ2) is 21.8. The average molecular weight is 645 g/mol. The molecule has 0 amide bonds. The van der Waals surface area contributed by atoms with Crippen LogP contribution >= 0.6 is 0 Å². The molecule has 1 heterocycles. The molecule has 0 atom stereocenters. The highest BCUT2D eigenvalue weighted by Crippen LogP contribution is 2.31. The number of benzene rings is 2. The zero-order valence-corrected chi connectivity index (χ0v) is 29.6. The number of hydrogen-bond donors (Lipinski definition) is 0. The summed E-state index contributed by atoms with van der Waals surface area (Å²) < 4.78 is 41.1. The van der Waals surface area contributed by atoms with Crippen LogP contribution in [0.1, 0.15) is 91.9 Å². The standard InChI is InChI=1S/C37H60O7Si/c1-5-37(31-39-32-37)30-38-26-15-13-11-9-10-12-14-16-27-40-35-22-18-33(19-23-35)34-20-24-36(25-21-34)41-28-17-29-45(42-6-2,43-7-3)44-8-4/h18-25H,5-17,26-32H2,1-4H3. The highest BCUT2D eigenvalue weighted by atomic mass is 28.4. The van der Waals surface area contributed by atoms with Crippen molar-refractivity contribution >= 4 is 8.80 Å². The topological polar surface area (TPSA) is 64.6 Å². The molecule has 2 aromatic carbocycles. The summed E-state index contributed by atoms with van der Waals surface area (Å²) >= 11 is 0. The summed E-state index contributed by atoms with van der Waals surface area (Å²) in [5.41, 5.74) is 2.64. The van der Waals surface area contributed by atoms with Crippen LogP contribution in [0.25, 0.3) is 11.1 Å². The Morgan fingerprint density at radius 2 is 1.02 bits per heavy atom. The van der Waals surface area contributed by atoms with Gasteiger partial charge in [-0.3, -0.25) is 0 Å². The fourth-order valence-corrected chi connectivity index (χ4v) is 8.17. The third kappa shape index (κ3) is 13.7. The lowest BCUT2D eigenvalue weighted by atomic mass is 9.84. The normalized spacial score (nSPS) is 14.3. The minimum absolute atomic E-state index is 0.313. The molecule has 254 valence electrons. The maximum Gasteiger partial charge on any atom is 0.501 e. The molecule has 0 unspecified atom stereocenters. The van der Waals surface area contributed by atoms with E-state index >= 15 is 0 Å². The average Bonchev–Trinajstić information content (AvgIpc) is 3.04. The molecule has 1 saturated heterocycles. The van der Waals surface area contributed by atoms with Crippen molar-refractivity contribution in [2.45, 2.75) is 97.9 Å². The van der Waals surface area contributed by atoms with E-state index in [2.05, 4.69) is 43.3 Å². The van der Waals surface area contributed by atoms with E-state index in [0.29, 0.717) is 31.8 Å². The third-order valence-electron chi connectivity index (χ3n) is 8.46. The Hall–Kier alpha value is -1.94. The van der Waals surface area contributed by atoms with Gasteiger partial charge in [0.25, 0.3) is 0 Å². The molecule has 0 bridgehead atoms. The van der Waals surface area contributed by atoms with Gasteiger partial charge in [-0.05, 0) is 81.8 Å². The fraction of sp³-hybridized carbons (Fsp3) is 0.676. The van der Waals surface area contributed by atoms with E-state index < -0.39 is 8.80 Å². The summed E-state index contributed by atoms with van der Waals surface area (Å²) in [6.45, 7) is 14.8. The Balaban J connectivity index is 1.21. The molecule has 45 heavy (non-hydrogen) atoms. The van der Waals surface area contributed by atoms with Crippen molar-refractivity contribution < 1.29 is 32.2 Å². The lowest BCUT2D eigenvalue weighted by Crippen LogP contribution is -2.46. The van der Waals surface area contributed by atoms with Crippen LogP contribution in [0.3, 0.4) is 0 Å². The van der Waals surface area contributed by atoms with Gasteiger partial charge in [0.15, 0.2) is 0 Å². The maximum absolute atomic E-state index is 6.00. The molecular weight excluding hydrogens is 584 g/mol. The summed E-state index contributed by atoms with van der Waals surface area (Å²) in [7, 11) is -2.62. The minimum atomic E-state index is -2.62. The van der Waals surface area contributed by atoms with Crippen LogP contribution in [-0.4, -0.2) is 68.3 Å². The monoisotopic (exact) mass is 644 g/mol. The summed E-state index contributed by atoms with van der Waals surface area (Å²) in [5.74, 6) is 1.79. The van der Waals surface area contributed by atoms with Crippen LogP contribution in [0.5, 0.6) is 11.5 Å². The largest absolute Gasteiger partial charge is 0.501 e. The quantitative estimate of drug-likeness (QED) is 0.0710. The molecule has 1 fully saturated rings. The molecule has 0 saturated carbocycles. The molecule has 1 aliphatic heterocycles. The van der Waals surface area contributed by atoms with Crippen molar-refractivity contribution in [3.63, 3.8) is 0 Å². The van der Waals surface area contributed by atoms with E-state index in [-0.39, 0.29) is 0 Å². The van der Waals surface area contributed by atoms with Gasteiger partial charge in [0.05, 0.1) is 33.0 Å². The molecule has 8 heteroatoms. The van der Waals surface area contributed by atoms with Crippen LogP contribution in [0.4, 0.5) is 0 Å². The smallest absolute Gasteiger partial charge is 0.494 e. The number of ether oxygens (including phenoxy) is 4. The van der Waals surface area contributed by atoms with E-state index in [1.807, 2.05) is 32.9 Å². The van der Waals surface area contributed by atoms with Crippen molar-refractivity contribution in [3.8, 4) is 22.6 Å². The lowest BCUT2D eigenvalue weighted by molar-refractivity contribution is -0.150. The first-order valence-electron chi connectivity index (χ1n) is 17.6. The third-order valence-corrected chi connectivity index (χ3v) is 11.6. The molecule has 1 aliphatic rings. The van der Waals surface area contributed by atoms with Crippen molar-refractivity contribution in [2.75, 3.05) is 59.5 Å². The Bertz CT molecular complexity index is 988. The molecular formula is C37H60O7Si. The van der Waals surface area contributed by atoms with E-state index in [1.54, 1.807) is 0 Å². The van der Waals surface area contributed by atoms with Crippen molar-refractivity contribution in [1.29, 1.82) is 0 Å². The van der Waals surface area contributed by atoms with Gasteiger partial charge in [0.2, 0.25) is 0 Å². The molecule has 0 radical (unpaired) electrons. The predicted molar refractivity (Wildman–Crippen MR) is 184 cm³/mol. The number of rotatable bonds is 27. The van der Waals surface area contributed by atoms with Crippen LogP contribution in [0, 0.1) is 5.41 Å². The van der Waals surface area contributed by atoms with E-state index in [4.69, 9.17) is 32.2 Å². The zero-order valence-electron chi connectivity index (χ0n) is 28.6. The Morgan fingerprint density at radius 3 is 1.44 bits per heavy atom. The molecule has 3 rings (SSSR count). The molecule has 0 aromatic heterocycles. The summed E-state index contributed by atoms with van der Waals surface area (Å²) in [5, 5.41) is 0. The second-order valence-electron chi connectivity index (χ2n) is 12.1. The first kappa shape index (κ1) is 37.5. The fourth-order valence-electron chi connectivity index (χ4n) is 5.59. The lowest BCUT2D eigenvalue weighted by Gasteiger charge is -2.40. The van der Waals surface area contributed by atoms with Gasteiger partial charge in [0.1, 0.15) is 11.5 Å². The number of unbranched alkanes of at least 4 members (excludes halogenated alkanes) is 7. The van der Waals surface area contributed by atoms with Gasteiger partial charge in [-0.25, -0.2) is 0 Å². The first-order valence-corrected chi connectivity index (χ1v) is 19.5. The van der Waals surface area contributed by atoms with Crippen LogP contribution in [-0.2, 0) is 22.8 Å². The van der Waals surface area contributed by atoms with Gasteiger partial charge < -0.3 is 32.2 Å². The van der Waals surface area contributed by atoms with E-state index in [0.717, 1.165) is 75.4 Å². The van der Waals surface area contributed by atoms with E-state index in [1.165, 1.54) is 50.5 Å². The van der Waals surface area contributed by atoms with Crippen LogP contribution < -0.4 is 9.47 Å². The predicted octanol–water partition coefficient (Wildman–Crippen LogP) is 9.11. The SMILES string of the molecule is CCO[Si](CCCOc1ccc(-c2ccc(OCCCCCCCCCCOCC3(CC)COC3)cc2)cc1)(OCC)OCC. The van der Waals surface area contributed by atoms with Gasteiger partial charge in [-0.1, -0.05) is 69.7 Å². The molecule has 0 N–H and O–H groups in total. The van der Waals surface area contributed by atoms with E-state index in [9.17, 15) is 0 Å². The van der Waals surface area contributed by atoms with Gasteiger partial charge in [-0.15, -0.1) is 0 Å². The van der Waals surface area contributed by atoms with Gasteiger partial charge >= 0.3 is 8.80 Å². The molecule has 2 aromatic rings. The molecule has 7 nitrogen and oxygen atoms in total. The van der Waals surface area contributed by atoms with Crippen molar-refractivity contribution in [3.05, 3.63) is 48.5 Å². The Kier molecular flexibility index (Phi) is 18.2. The second-order valence-corrected chi connectivity index (χ2v) is 14.8. The zero-order chi connectivity index (χ0) is 32.1. The Morgan fingerprint density at radius 1 is 0.578 bits per heavy atom. The van der Waals surface area contributed by atoms with Gasteiger partial charge in [-0.2, -0.15) is 0 Å². The minimum Gasteiger partial charge on any atom is -0.494 e. The van der Waals surface area contributed by atoms with Crippen molar-refractivity contribution in [2.24, 2.45) is 5.41 Å². The van der Waals surface area contributed by atoms with Crippen LogP contribution in [0.2, 0.25) is 6.04 Å². The summed E-state index contributed by atoms with van der Waals surface area (Å²) in [6, 6.07) is 17.4. The summed E-state index contributed by atoms with van der Waals surface area (Å²) in [4.78, 5) is 0. The molecule has 0 aliphatic carbocycles. The highest BCUT2D eigenvalue weighted by molar-refractivity contribution is 6.60. The van der Waals surface area contributed by atoms with Crippen LogP contribution in [0.15, 0.2) is 48.5 Å².